The molecule has 12 heteroatoms. The molecule has 0 bridgehead atoms. The maximum atomic E-state index is 12.9. The van der Waals surface area contributed by atoms with Crippen LogP contribution in [0, 0.1) is 5.92 Å². The highest BCUT2D eigenvalue weighted by molar-refractivity contribution is 7.92. The molecular weight excluding hydrogens is 581 g/mol. The van der Waals surface area contributed by atoms with Gasteiger partial charge in [0.2, 0.25) is 15.9 Å². The van der Waals surface area contributed by atoms with Crippen molar-refractivity contribution >= 4 is 60.5 Å². The predicted molar refractivity (Wildman–Crippen MR) is 155 cm³/mol. The van der Waals surface area contributed by atoms with Gasteiger partial charge in [0.15, 0.2) is 0 Å². The van der Waals surface area contributed by atoms with Crippen LogP contribution in [0.5, 0.6) is 0 Å². The van der Waals surface area contributed by atoms with Crippen molar-refractivity contribution in [3.8, 4) is 0 Å². The number of nitrogens with zero attached hydrogens (tertiary/aromatic N) is 1. The summed E-state index contributed by atoms with van der Waals surface area (Å²) in [6.45, 7) is 0.520. The Hall–Kier alpha value is -2.63. The molecule has 39 heavy (non-hydrogen) atoms. The second-order valence-corrected chi connectivity index (χ2v) is 14.0. The molecule has 0 saturated carbocycles. The van der Waals surface area contributed by atoms with Crippen molar-refractivity contribution in [2.24, 2.45) is 5.92 Å². The summed E-state index contributed by atoms with van der Waals surface area (Å²) in [7, 11) is -7.41. The van der Waals surface area contributed by atoms with E-state index in [4.69, 9.17) is 23.2 Å². The molecule has 3 aromatic rings. The largest absolute Gasteiger partial charge is 0.326 e. The van der Waals surface area contributed by atoms with Crippen LogP contribution >= 0.6 is 23.2 Å². The number of hydrogen-bond donors (Lipinski definition) is 2. The van der Waals surface area contributed by atoms with Crippen LogP contribution in [-0.2, 0) is 31.3 Å². The maximum absolute atomic E-state index is 12.9. The number of rotatable bonds is 10. The lowest BCUT2D eigenvalue weighted by Crippen LogP contribution is -2.44. The zero-order valence-electron chi connectivity index (χ0n) is 21.0. The average molecular weight is 611 g/mol. The van der Waals surface area contributed by atoms with Gasteiger partial charge in [-0.3, -0.25) is 9.52 Å². The smallest absolute Gasteiger partial charge is 0.261 e. The molecule has 0 spiro atoms. The summed E-state index contributed by atoms with van der Waals surface area (Å²) in [6.07, 6.45) is 2.34. The first-order chi connectivity index (χ1) is 18.5. The van der Waals surface area contributed by atoms with Gasteiger partial charge in [-0.15, -0.1) is 0 Å². The molecule has 0 aromatic heterocycles. The molecule has 1 saturated heterocycles. The quantitative estimate of drug-likeness (QED) is 0.319. The van der Waals surface area contributed by atoms with E-state index in [9.17, 15) is 21.6 Å². The van der Waals surface area contributed by atoms with Crippen LogP contribution < -0.4 is 10.0 Å². The zero-order valence-corrected chi connectivity index (χ0v) is 24.2. The Kier molecular flexibility index (Phi) is 9.56. The summed E-state index contributed by atoms with van der Waals surface area (Å²) in [6, 6.07) is 19.8. The number of piperidine rings is 1. The van der Waals surface area contributed by atoms with Crippen molar-refractivity contribution in [1.29, 1.82) is 0 Å². The van der Waals surface area contributed by atoms with Gasteiger partial charge < -0.3 is 5.32 Å². The number of hydrogen-bond acceptors (Lipinski definition) is 5. The van der Waals surface area contributed by atoms with Crippen LogP contribution in [0.3, 0.4) is 0 Å². The topological polar surface area (TPSA) is 113 Å². The standard InChI is InChI=1S/C27H29Cl2N3O5S2/c28-22-10-15-26(25(29)18-22)31-39(36,37)24-13-11-23(12-14-24)30-27(33)21-9-4-16-32(19-21)38(34,35)17-5-8-20-6-2-1-3-7-20/h1-3,6-7,10-15,18,21,31H,4-5,8-9,16-17,19H2,(H,30,33)/t21-/m0/s1. The molecule has 0 aliphatic carbocycles. The first-order valence-electron chi connectivity index (χ1n) is 12.4. The number of benzene rings is 3. The lowest BCUT2D eigenvalue weighted by atomic mass is 9.99. The van der Waals surface area contributed by atoms with Gasteiger partial charge in [0.05, 0.1) is 27.3 Å². The summed E-state index contributed by atoms with van der Waals surface area (Å²) in [4.78, 5) is 12.9. The fraction of sp³-hybridized carbons (Fsp3) is 0.296. The minimum absolute atomic E-state index is 0.0167. The lowest BCUT2D eigenvalue weighted by Gasteiger charge is -2.31. The minimum atomic E-state index is -3.93. The molecule has 0 radical (unpaired) electrons. The molecule has 208 valence electrons. The highest BCUT2D eigenvalue weighted by Crippen LogP contribution is 2.28. The Balaban J connectivity index is 1.33. The van der Waals surface area contributed by atoms with Gasteiger partial charge in [-0.1, -0.05) is 53.5 Å². The molecular formula is C27H29Cl2N3O5S2. The maximum Gasteiger partial charge on any atom is 0.261 e. The van der Waals surface area contributed by atoms with Crippen LogP contribution in [0.4, 0.5) is 11.4 Å². The van der Waals surface area contributed by atoms with E-state index in [1.165, 1.54) is 46.8 Å². The third kappa shape index (κ3) is 7.95. The van der Waals surface area contributed by atoms with Crippen molar-refractivity contribution < 1.29 is 21.6 Å². The summed E-state index contributed by atoms with van der Waals surface area (Å²) >= 11 is 11.9. The molecule has 1 fully saturated rings. The number of halogens is 2. The number of amides is 1. The van der Waals surface area contributed by atoms with E-state index in [1.807, 2.05) is 30.3 Å². The van der Waals surface area contributed by atoms with Gasteiger partial charge in [0, 0.05) is 23.8 Å². The SMILES string of the molecule is O=C(Nc1ccc(S(=O)(=O)Nc2ccc(Cl)cc2Cl)cc1)[C@H]1CCCN(S(=O)(=O)CCCc2ccccc2)C1. The van der Waals surface area contributed by atoms with Crippen LogP contribution in [0.1, 0.15) is 24.8 Å². The monoisotopic (exact) mass is 609 g/mol. The molecule has 1 aliphatic heterocycles. The Bertz CT molecular complexity index is 1520. The minimum Gasteiger partial charge on any atom is -0.326 e. The predicted octanol–water partition coefficient (Wildman–Crippen LogP) is 5.41. The zero-order chi connectivity index (χ0) is 28.0. The third-order valence-corrected chi connectivity index (χ3v) is 10.3. The number of nitrogens with one attached hydrogen (secondary N) is 2. The van der Waals surface area contributed by atoms with Gasteiger partial charge in [0.25, 0.3) is 10.0 Å². The number of sulfonamides is 2. The summed E-state index contributed by atoms with van der Waals surface area (Å²) < 4.78 is 55.2. The van der Waals surface area contributed by atoms with E-state index in [2.05, 4.69) is 10.0 Å². The number of carbonyl (C=O) groups excluding carboxylic acids is 1. The van der Waals surface area contributed by atoms with Gasteiger partial charge in [0.1, 0.15) is 0 Å². The van der Waals surface area contributed by atoms with E-state index in [-0.39, 0.29) is 33.8 Å². The van der Waals surface area contributed by atoms with E-state index in [0.29, 0.717) is 42.9 Å². The van der Waals surface area contributed by atoms with E-state index in [0.717, 1.165) is 5.56 Å². The summed E-state index contributed by atoms with van der Waals surface area (Å²) in [5, 5.41) is 3.32. The number of anilines is 2. The fourth-order valence-corrected chi connectivity index (χ4v) is 7.55. The van der Waals surface area contributed by atoms with E-state index in [1.54, 1.807) is 0 Å². The van der Waals surface area contributed by atoms with Crippen LogP contribution in [0.15, 0.2) is 77.7 Å². The van der Waals surface area contributed by atoms with Gasteiger partial charge in [-0.25, -0.2) is 21.1 Å². The van der Waals surface area contributed by atoms with E-state index >= 15 is 0 Å². The van der Waals surface area contributed by atoms with Crippen molar-refractivity contribution in [1.82, 2.24) is 4.31 Å². The highest BCUT2D eigenvalue weighted by atomic mass is 35.5. The summed E-state index contributed by atoms with van der Waals surface area (Å²) in [5.41, 5.74) is 1.69. The summed E-state index contributed by atoms with van der Waals surface area (Å²) in [5.74, 6) is -0.776. The fourth-order valence-electron chi connectivity index (χ4n) is 4.38. The first kappa shape index (κ1) is 29.4. The normalized spacial score (nSPS) is 16.5. The number of aryl methyl sites for hydroxylation is 1. The molecule has 1 atom stereocenters. The van der Waals surface area contributed by atoms with Gasteiger partial charge in [-0.05, 0) is 73.7 Å². The van der Waals surface area contributed by atoms with Crippen LogP contribution in [0.2, 0.25) is 10.0 Å². The van der Waals surface area contributed by atoms with Crippen molar-refractivity contribution in [3.05, 3.63) is 88.4 Å². The lowest BCUT2D eigenvalue weighted by molar-refractivity contribution is -0.120. The van der Waals surface area contributed by atoms with Crippen molar-refractivity contribution in [3.63, 3.8) is 0 Å². The Labute approximate surface area is 239 Å². The third-order valence-electron chi connectivity index (χ3n) is 6.47. The van der Waals surface area contributed by atoms with Crippen LogP contribution in [0.25, 0.3) is 0 Å². The highest BCUT2D eigenvalue weighted by Gasteiger charge is 2.32. The molecule has 3 aromatic carbocycles. The Morgan fingerprint density at radius 1 is 0.949 bits per heavy atom. The second-order valence-electron chi connectivity index (χ2n) is 9.35. The van der Waals surface area contributed by atoms with E-state index < -0.39 is 26.0 Å². The number of carbonyl (C=O) groups is 1. The molecule has 1 amide bonds. The first-order valence-corrected chi connectivity index (χ1v) is 16.3. The molecule has 1 heterocycles. The molecule has 4 rings (SSSR count). The molecule has 1 aliphatic rings. The Morgan fingerprint density at radius 2 is 1.67 bits per heavy atom. The molecule has 8 nitrogen and oxygen atoms in total. The van der Waals surface area contributed by atoms with Gasteiger partial charge in [-0.2, -0.15) is 0 Å². The molecule has 0 unspecified atom stereocenters. The Morgan fingerprint density at radius 3 is 2.36 bits per heavy atom. The second kappa shape index (κ2) is 12.7. The molecule has 2 N–H and O–H groups in total. The van der Waals surface area contributed by atoms with Crippen molar-refractivity contribution in [2.75, 3.05) is 28.9 Å². The van der Waals surface area contributed by atoms with Crippen molar-refractivity contribution in [2.45, 2.75) is 30.6 Å². The van der Waals surface area contributed by atoms with Crippen LogP contribution in [-0.4, -0.2) is 45.9 Å². The van der Waals surface area contributed by atoms with Gasteiger partial charge >= 0.3 is 0 Å². The average Bonchev–Trinajstić information content (AvgIpc) is 2.91.